The highest BCUT2D eigenvalue weighted by molar-refractivity contribution is 8.01. The largest absolute Gasteiger partial charge is 0.479 e. The Hall–Kier alpha value is -1.53. The summed E-state index contributed by atoms with van der Waals surface area (Å²) in [5.41, 5.74) is 1.16. The van der Waals surface area contributed by atoms with Crippen LogP contribution >= 0.6 is 11.8 Å². The fourth-order valence-corrected chi connectivity index (χ4v) is 3.13. The Kier molecular flexibility index (Phi) is 4.44. The van der Waals surface area contributed by atoms with Crippen LogP contribution < -0.4 is 5.32 Å². The number of hydrogen-bond acceptors (Lipinski definition) is 4. The number of amides is 1. The Morgan fingerprint density at radius 1 is 1.53 bits per heavy atom. The number of carboxylic acids is 1. The summed E-state index contributed by atoms with van der Waals surface area (Å²) >= 11 is 1.51. The van der Waals surface area contributed by atoms with E-state index < -0.39 is 12.1 Å². The molecule has 1 aliphatic heterocycles. The first kappa shape index (κ1) is 13.9. The second kappa shape index (κ2) is 6.08. The lowest BCUT2D eigenvalue weighted by atomic mass is 10.1. The fraction of sp³-hybridized carbons (Fsp3) is 0.385. The minimum Gasteiger partial charge on any atom is -0.479 e. The molecule has 6 heteroatoms. The second-order valence-corrected chi connectivity index (χ2v) is 5.47. The highest BCUT2D eigenvalue weighted by Crippen LogP contribution is 2.36. The van der Waals surface area contributed by atoms with E-state index in [4.69, 9.17) is 9.84 Å². The molecule has 0 fully saturated rings. The first-order valence-electron chi connectivity index (χ1n) is 5.89. The zero-order chi connectivity index (χ0) is 13.8. The molecule has 2 N–H and O–H groups in total. The van der Waals surface area contributed by atoms with Crippen LogP contribution in [0.15, 0.2) is 29.2 Å². The van der Waals surface area contributed by atoms with Crippen LogP contribution in [0, 0.1) is 0 Å². The predicted octanol–water partition coefficient (Wildman–Crippen LogP) is 0.919. The Labute approximate surface area is 115 Å². The minimum atomic E-state index is -1.08. The number of hydrogen-bond donors (Lipinski definition) is 2. The monoisotopic (exact) mass is 281 g/mol. The van der Waals surface area contributed by atoms with E-state index in [1.54, 1.807) is 0 Å². The van der Waals surface area contributed by atoms with Crippen LogP contribution in [-0.2, 0) is 20.7 Å². The van der Waals surface area contributed by atoms with Crippen LogP contribution in [0.1, 0.15) is 5.56 Å². The number of nitrogens with one attached hydrogen (secondary N) is 1. The van der Waals surface area contributed by atoms with Crippen LogP contribution in [0.2, 0.25) is 0 Å². The molecule has 0 saturated heterocycles. The number of carbonyl (C=O) groups excluding carboxylic acids is 1. The summed E-state index contributed by atoms with van der Waals surface area (Å²) < 4.78 is 4.77. The molecule has 1 amide bonds. The van der Waals surface area contributed by atoms with Gasteiger partial charge in [0.2, 0.25) is 5.91 Å². The quantitative estimate of drug-likeness (QED) is 0.839. The van der Waals surface area contributed by atoms with Crippen molar-refractivity contribution in [3.8, 4) is 0 Å². The standard InChI is InChI=1S/C13H15NO4S/c1-18-9(13(16)17)7-14-12(15)11-6-8-4-2-3-5-10(8)19-11/h2-5,9,11H,6-7H2,1H3,(H,14,15)(H,16,17). The summed E-state index contributed by atoms with van der Waals surface area (Å²) in [5.74, 6) is -1.23. The number of thioether (sulfide) groups is 1. The van der Waals surface area contributed by atoms with E-state index in [0.717, 1.165) is 10.5 Å². The second-order valence-electron chi connectivity index (χ2n) is 4.23. The van der Waals surface area contributed by atoms with E-state index in [-0.39, 0.29) is 17.7 Å². The maximum Gasteiger partial charge on any atom is 0.334 e. The smallest absolute Gasteiger partial charge is 0.334 e. The Balaban J connectivity index is 1.88. The molecule has 2 atom stereocenters. The number of rotatable bonds is 5. The lowest BCUT2D eigenvalue weighted by Gasteiger charge is -2.13. The highest BCUT2D eigenvalue weighted by atomic mass is 32.2. The van der Waals surface area contributed by atoms with Gasteiger partial charge in [-0.2, -0.15) is 0 Å². The van der Waals surface area contributed by atoms with E-state index in [9.17, 15) is 9.59 Å². The van der Waals surface area contributed by atoms with Crippen molar-refractivity contribution in [1.82, 2.24) is 5.32 Å². The van der Waals surface area contributed by atoms with Crippen molar-refractivity contribution in [3.05, 3.63) is 29.8 Å². The van der Waals surface area contributed by atoms with Crippen LogP contribution in [0.5, 0.6) is 0 Å². The third-order valence-electron chi connectivity index (χ3n) is 2.96. The van der Waals surface area contributed by atoms with Crippen LogP contribution in [0.3, 0.4) is 0 Å². The minimum absolute atomic E-state index is 0.0158. The lowest BCUT2D eigenvalue weighted by molar-refractivity contribution is -0.148. The van der Waals surface area contributed by atoms with Gasteiger partial charge in [-0.15, -0.1) is 11.8 Å². The van der Waals surface area contributed by atoms with Crippen molar-refractivity contribution < 1.29 is 19.4 Å². The summed E-state index contributed by atoms with van der Waals surface area (Å²) in [5, 5.41) is 11.2. The van der Waals surface area contributed by atoms with Gasteiger partial charge in [0.05, 0.1) is 11.8 Å². The number of benzene rings is 1. The zero-order valence-electron chi connectivity index (χ0n) is 10.5. The SMILES string of the molecule is COC(CNC(=O)C1Cc2ccccc2S1)C(=O)O. The van der Waals surface area contributed by atoms with Crippen molar-refractivity contribution >= 4 is 23.6 Å². The third-order valence-corrected chi connectivity index (χ3v) is 4.28. The normalized spacial score (nSPS) is 18.7. The Morgan fingerprint density at radius 2 is 2.26 bits per heavy atom. The Morgan fingerprint density at radius 3 is 2.89 bits per heavy atom. The molecule has 0 saturated carbocycles. The van der Waals surface area contributed by atoms with Crippen LogP contribution in [-0.4, -0.2) is 42.0 Å². The van der Waals surface area contributed by atoms with Gasteiger partial charge < -0.3 is 15.2 Å². The van der Waals surface area contributed by atoms with E-state index >= 15 is 0 Å². The zero-order valence-corrected chi connectivity index (χ0v) is 11.3. The van der Waals surface area contributed by atoms with Gasteiger partial charge in [0, 0.05) is 12.0 Å². The number of aliphatic carboxylic acids is 1. The number of carboxylic acid groups (broad SMARTS) is 1. The molecular formula is C13H15NO4S. The van der Waals surface area contributed by atoms with Gasteiger partial charge in [-0.05, 0) is 18.1 Å². The number of ether oxygens (including phenoxy) is 1. The van der Waals surface area contributed by atoms with Crippen molar-refractivity contribution in [3.63, 3.8) is 0 Å². The molecular weight excluding hydrogens is 266 g/mol. The topological polar surface area (TPSA) is 75.6 Å². The number of carbonyl (C=O) groups is 2. The van der Waals surface area contributed by atoms with Gasteiger partial charge in [0.1, 0.15) is 0 Å². The predicted molar refractivity (Wildman–Crippen MR) is 71.2 cm³/mol. The lowest BCUT2D eigenvalue weighted by Crippen LogP contribution is -2.41. The summed E-state index contributed by atoms with van der Waals surface area (Å²) in [4.78, 5) is 23.9. The molecule has 0 aromatic heterocycles. The molecule has 19 heavy (non-hydrogen) atoms. The molecule has 102 valence electrons. The molecule has 1 aromatic rings. The van der Waals surface area contributed by atoms with Gasteiger partial charge in [-0.1, -0.05) is 18.2 Å². The fourth-order valence-electron chi connectivity index (χ4n) is 1.91. The Bertz CT molecular complexity index is 466. The van der Waals surface area contributed by atoms with Crippen molar-refractivity contribution in [2.75, 3.05) is 13.7 Å². The van der Waals surface area contributed by atoms with E-state index in [1.165, 1.54) is 18.9 Å². The maximum absolute atomic E-state index is 12.0. The summed E-state index contributed by atoms with van der Waals surface area (Å²) in [6, 6.07) is 7.88. The molecule has 2 rings (SSSR count). The summed E-state index contributed by atoms with van der Waals surface area (Å²) in [6.45, 7) is -0.0158. The van der Waals surface area contributed by atoms with Gasteiger partial charge in [0.25, 0.3) is 0 Å². The molecule has 2 unspecified atom stereocenters. The highest BCUT2D eigenvalue weighted by Gasteiger charge is 2.28. The van der Waals surface area contributed by atoms with Gasteiger partial charge in [-0.25, -0.2) is 4.79 Å². The molecule has 0 spiro atoms. The molecule has 0 bridgehead atoms. The summed E-state index contributed by atoms with van der Waals surface area (Å²) in [7, 11) is 1.31. The van der Waals surface area contributed by atoms with Crippen molar-refractivity contribution in [2.24, 2.45) is 0 Å². The number of methoxy groups -OCH3 is 1. The molecule has 1 heterocycles. The van der Waals surface area contributed by atoms with Crippen molar-refractivity contribution in [2.45, 2.75) is 22.7 Å². The maximum atomic E-state index is 12.0. The first-order valence-corrected chi connectivity index (χ1v) is 6.77. The molecule has 0 aliphatic carbocycles. The van der Waals surface area contributed by atoms with Gasteiger partial charge in [-0.3, -0.25) is 4.79 Å². The van der Waals surface area contributed by atoms with Crippen LogP contribution in [0.25, 0.3) is 0 Å². The molecule has 0 radical (unpaired) electrons. The number of fused-ring (bicyclic) bond motifs is 1. The molecule has 1 aromatic carbocycles. The van der Waals surface area contributed by atoms with Crippen molar-refractivity contribution in [1.29, 1.82) is 0 Å². The first-order chi connectivity index (χ1) is 9.11. The molecule has 1 aliphatic rings. The summed E-state index contributed by atoms with van der Waals surface area (Å²) in [6.07, 6.45) is -0.324. The van der Waals surface area contributed by atoms with Crippen LogP contribution in [0.4, 0.5) is 0 Å². The average Bonchev–Trinajstić information content (AvgIpc) is 2.82. The average molecular weight is 281 g/mol. The van der Waals surface area contributed by atoms with Gasteiger partial charge in [0.15, 0.2) is 6.10 Å². The molecule has 5 nitrogen and oxygen atoms in total. The van der Waals surface area contributed by atoms with E-state index in [0.29, 0.717) is 6.42 Å². The van der Waals surface area contributed by atoms with E-state index in [1.807, 2.05) is 24.3 Å². The van der Waals surface area contributed by atoms with E-state index in [2.05, 4.69) is 5.32 Å². The third kappa shape index (κ3) is 3.27. The van der Waals surface area contributed by atoms with Gasteiger partial charge >= 0.3 is 5.97 Å².